The molecule has 7 nitrogen and oxygen atoms in total. The number of hydrogen-bond acceptors (Lipinski definition) is 5. The summed E-state index contributed by atoms with van der Waals surface area (Å²) >= 11 is 0. The summed E-state index contributed by atoms with van der Waals surface area (Å²) in [6.07, 6.45) is 0.463. The molecule has 1 N–H and O–H groups in total. The van der Waals surface area contributed by atoms with Gasteiger partial charge in [0.05, 0.1) is 22.7 Å². The second-order valence-electron chi connectivity index (χ2n) is 7.06. The monoisotopic (exact) mass is 364 g/mol. The lowest BCUT2D eigenvalue weighted by Gasteiger charge is -2.24. The van der Waals surface area contributed by atoms with E-state index >= 15 is 0 Å². The summed E-state index contributed by atoms with van der Waals surface area (Å²) in [7, 11) is -3.71. The van der Waals surface area contributed by atoms with Crippen LogP contribution in [0.3, 0.4) is 0 Å². The van der Waals surface area contributed by atoms with Gasteiger partial charge in [0, 0.05) is 18.4 Å². The van der Waals surface area contributed by atoms with Crippen molar-refractivity contribution in [2.45, 2.75) is 44.0 Å². The van der Waals surface area contributed by atoms with Crippen LogP contribution in [0.25, 0.3) is 0 Å². The number of benzene rings is 1. The molecule has 0 unspecified atom stereocenters. The van der Waals surface area contributed by atoms with E-state index < -0.39 is 16.0 Å². The number of sulfonamides is 1. The molecular weight excluding hydrogens is 344 g/mol. The number of carboxylic acid groups (broad SMARTS) is 1. The lowest BCUT2D eigenvalue weighted by Crippen LogP contribution is -2.35. The predicted molar refractivity (Wildman–Crippen MR) is 89.9 cm³/mol. The maximum Gasteiger partial charge on any atom is 0.335 e. The normalized spacial score (nSPS) is 15.8. The molecule has 1 aromatic heterocycles. The molecule has 8 heteroatoms. The summed E-state index contributed by atoms with van der Waals surface area (Å²) in [6, 6.07) is 5.21. The number of nitrogens with zero attached hydrogens (tertiary/aromatic N) is 2. The van der Waals surface area contributed by atoms with E-state index in [1.807, 2.05) is 20.8 Å². The molecule has 134 valence electrons. The van der Waals surface area contributed by atoms with Crippen molar-refractivity contribution in [3.8, 4) is 0 Å². The van der Waals surface area contributed by atoms with Crippen LogP contribution < -0.4 is 0 Å². The van der Waals surface area contributed by atoms with Crippen molar-refractivity contribution in [3.05, 3.63) is 47.2 Å². The summed E-state index contributed by atoms with van der Waals surface area (Å²) in [5.74, 6) is 0.240. The minimum atomic E-state index is -3.71. The summed E-state index contributed by atoms with van der Waals surface area (Å²) in [4.78, 5) is 15.4. The minimum absolute atomic E-state index is 0.0474. The van der Waals surface area contributed by atoms with E-state index in [-0.39, 0.29) is 22.4 Å². The second-order valence-corrected chi connectivity index (χ2v) is 8.99. The van der Waals surface area contributed by atoms with Crippen molar-refractivity contribution in [2.24, 2.45) is 0 Å². The molecule has 0 amide bonds. The van der Waals surface area contributed by atoms with Gasteiger partial charge in [-0.3, -0.25) is 0 Å². The number of carboxylic acids is 1. The fourth-order valence-corrected chi connectivity index (χ4v) is 4.02. The molecule has 1 aliphatic rings. The van der Waals surface area contributed by atoms with Gasteiger partial charge in [0.15, 0.2) is 5.89 Å². The zero-order valence-electron chi connectivity index (χ0n) is 14.3. The van der Waals surface area contributed by atoms with E-state index in [9.17, 15) is 13.2 Å². The Balaban J connectivity index is 1.87. The van der Waals surface area contributed by atoms with Crippen LogP contribution >= 0.6 is 0 Å². The zero-order valence-corrected chi connectivity index (χ0v) is 15.1. The number of hydrogen-bond donors (Lipinski definition) is 1. The molecule has 0 aliphatic carbocycles. The SMILES string of the molecule is CC(C)(C)c1nc2c(o1)CCN(S(=O)(=O)c1ccc(C(=O)O)cc1)C2. The van der Waals surface area contributed by atoms with Gasteiger partial charge in [-0.1, -0.05) is 20.8 Å². The van der Waals surface area contributed by atoms with Gasteiger partial charge in [-0.15, -0.1) is 0 Å². The standard InChI is InChI=1S/C17H20N2O5S/c1-17(2,3)16-18-13-10-19(9-8-14(13)24-16)25(22,23)12-6-4-11(5-7-12)15(20)21/h4-7H,8-10H2,1-3H3,(H,20,21). The highest BCUT2D eigenvalue weighted by molar-refractivity contribution is 7.89. The molecule has 0 radical (unpaired) electrons. The highest BCUT2D eigenvalue weighted by atomic mass is 32.2. The first kappa shape index (κ1) is 17.6. The Bertz CT molecular complexity index is 908. The molecule has 2 heterocycles. The molecule has 1 aliphatic heterocycles. The van der Waals surface area contributed by atoms with Crippen LogP contribution in [-0.4, -0.2) is 35.3 Å². The Kier molecular flexibility index (Phi) is 4.20. The zero-order chi connectivity index (χ0) is 18.4. The van der Waals surface area contributed by atoms with Crippen molar-refractivity contribution in [2.75, 3.05) is 6.54 Å². The lowest BCUT2D eigenvalue weighted by molar-refractivity contribution is 0.0696. The molecule has 0 fully saturated rings. The van der Waals surface area contributed by atoms with Crippen molar-refractivity contribution in [1.29, 1.82) is 0 Å². The molecule has 3 rings (SSSR count). The molecule has 0 spiro atoms. The van der Waals surface area contributed by atoms with Crippen LogP contribution in [0.1, 0.15) is 48.5 Å². The minimum Gasteiger partial charge on any atom is -0.478 e. The summed E-state index contributed by atoms with van der Waals surface area (Å²) in [5, 5.41) is 8.93. The van der Waals surface area contributed by atoms with E-state index in [1.54, 1.807) is 0 Å². The quantitative estimate of drug-likeness (QED) is 0.898. The number of fused-ring (bicyclic) bond motifs is 1. The number of aromatic carboxylic acids is 1. The third-order valence-electron chi connectivity index (χ3n) is 4.07. The van der Waals surface area contributed by atoms with Crippen molar-refractivity contribution in [3.63, 3.8) is 0 Å². The van der Waals surface area contributed by atoms with E-state index in [4.69, 9.17) is 9.52 Å². The van der Waals surface area contributed by atoms with Gasteiger partial charge in [0.25, 0.3) is 0 Å². The van der Waals surface area contributed by atoms with Crippen molar-refractivity contribution >= 4 is 16.0 Å². The van der Waals surface area contributed by atoms with E-state index in [1.165, 1.54) is 28.6 Å². The maximum absolute atomic E-state index is 12.8. The highest BCUT2D eigenvalue weighted by Gasteiger charge is 2.33. The maximum atomic E-state index is 12.8. The van der Waals surface area contributed by atoms with Crippen LogP contribution in [0.2, 0.25) is 0 Å². The Morgan fingerprint density at radius 1 is 1.24 bits per heavy atom. The number of rotatable bonds is 3. The molecule has 1 aromatic carbocycles. The summed E-state index contributed by atoms with van der Waals surface area (Å²) in [6.45, 7) is 6.42. The Morgan fingerprint density at radius 2 is 1.88 bits per heavy atom. The second kappa shape index (κ2) is 5.96. The van der Waals surface area contributed by atoms with Crippen molar-refractivity contribution in [1.82, 2.24) is 9.29 Å². The molecule has 0 saturated carbocycles. The number of carbonyl (C=O) groups is 1. The Hall–Kier alpha value is -2.19. The van der Waals surface area contributed by atoms with Gasteiger partial charge in [0.2, 0.25) is 10.0 Å². The van der Waals surface area contributed by atoms with Gasteiger partial charge in [-0.05, 0) is 24.3 Å². The fraction of sp³-hybridized carbons (Fsp3) is 0.412. The van der Waals surface area contributed by atoms with Gasteiger partial charge in [-0.2, -0.15) is 4.31 Å². The number of aromatic nitrogens is 1. The van der Waals surface area contributed by atoms with Crippen molar-refractivity contribution < 1.29 is 22.7 Å². The largest absolute Gasteiger partial charge is 0.478 e. The average molecular weight is 364 g/mol. The molecule has 0 saturated heterocycles. The Labute approximate surface area is 146 Å². The average Bonchev–Trinajstić information content (AvgIpc) is 2.98. The van der Waals surface area contributed by atoms with E-state index in [0.717, 1.165) is 5.76 Å². The third kappa shape index (κ3) is 3.32. The van der Waals surface area contributed by atoms with Crippen LogP contribution in [0.5, 0.6) is 0 Å². The number of oxazole rings is 1. The molecule has 2 aromatic rings. The first-order chi connectivity index (χ1) is 11.6. The molecule has 0 atom stereocenters. The Morgan fingerprint density at radius 3 is 2.44 bits per heavy atom. The van der Waals surface area contributed by atoms with E-state index in [2.05, 4.69) is 4.98 Å². The van der Waals surface area contributed by atoms with Gasteiger partial charge < -0.3 is 9.52 Å². The predicted octanol–water partition coefficient (Wildman–Crippen LogP) is 2.42. The van der Waals surface area contributed by atoms with Gasteiger partial charge in [-0.25, -0.2) is 18.2 Å². The molecule has 0 bridgehead atoms. The van der Waals surface area contributed by atoms with Gasteiger partial charge in [0.1, 0.15) is 5.76 Å². The lowest BCUT2D eigenvalue weighted by atomic mass is 9.97. The molecule has 25 heavy (non-hydrogen) atoms. The fourth-order valence-electron chi connectivity index (χ4n) is 2.62. The summed E-state index contributed by atoms with van der Waals surface area (Å²) < 4.78 is 32.7. The van der Waals surface area contributed by atoms with Crippen LogP contribution in [-0.2, 0) is 28.4 Å². The highest BCUT2D eigenvalue weighted by Crippen LogP contribution is 2.29. The van der Waals surface area contributed by atoms with E-state index in [0.29, 0.717) is 24.6 Å². The molecular formula is C17H20N2O5S. The van der Waals surface area contributed by atoms with Crippen LogP contribution in [0.4, 0.5) is 0 Å². The van der Waals surface area contributed by atoms with Gasteiger partial charge >= 0.3 is 5.97 Å². The first-order valence-electron chi connectivity index (χ1n) is 7.91. The first-order valence-corrected chi connectivity index (χ1v) is 9.35. The topological polar surface area (TPSA) is 101 Å². The third-order valence-corrected chi connectivity index (χ3v) is 5.93. The summed E-state index contributed by atoms with van der Waals surface area (Å²) in [5.41, 5.74) is 0.446. The van der Waals surface area contributed by atoms with Crippen LogP contribution in [0, 0.1) is 0 Å². The van der Waals surface area contributed by atoms with Crippen LogP contribution in [0.15, 0.2) is 33.6 Å². The smallest absolute Gasteiger partial charge is 0.335 e.